The molecule has 3 unspecified atom stereocenters. The zero-order chi connectivity index (χ0) is 12.8. The van der Waals surface area contributed by atoms with E-state index in [4.69, 9.17) is 15.6 Å². The first kappa shape index (κ1) is 14.0. The maximum absolute atomic E-state index is 9.13. The molecule has 3 atom stereocenters. The van der Waals surface area contributed by atoms with Crippen molar-refractivity contribution in [2.45, 2.75) is 45.3 Å². The Bertz CT molecular complexity index is 321. The summed E-state index contributed by atoms with van der Waals surface area (Å²) in [6.07, 6.45) is 0.781. The Balaban J connectivity index is 2.67. The van der Waals surface area contributed by atoms with Gasteiger partial charge in [0.2, 0.25) is 0 Å². The minimum absolute atomic E-state index is 0.0647. The highest BCUT2D eigenvalue weighted by molar-refractivity contribution is 5.29. The highest BCUT2D eigenvalue weighted by Crippen LogP contribution is 2.22. The van der Waals surface area contributed by atoms with Gasteiger partial charge in [0.15, 0.2) is 0 Å². The maximum atomic E-state index is 9.13. The van der Waals surface area contributed by atoms with Gasteiger partial charge < -0.3 is 15.6 Å². The predicted octanol–water partition coefficient (Wildman–Crippen LogP) is 2.29. The summed E-state index contributed by atoms with van der Waals surface area (Å²) in [5, 5.41) is 9.13. The Morgan fingerprint density at radius 1 is 1.24 bits per heavy atom. The Kier molecular flexibility index (Phi) is 5.45. The Morgan fingerprint density at radius 3 is 2.24 bits per heavy atom. The molecule has 0 aliphatic rings. The van der Waals surface area contributed by atoms with Crippen molar-refractivity contribution >= 4 is 0 Å². The Labute approximate surface area is 104 Å². The summed E-state index contributed by atoms with van der Waals surface area (Å²) in [6.45, 7) is 6.14. The van der Waals surface area contributed by atoms with Crippen molar-refractivity contribution in [1.29, 1.82) is 0 Å². The molecule has 0 saturated carbocycles. The Hall–Kier alpha value is -1.06. The van der Waals surface area contributed by atoms with E-state index >= 15 is 0 Å². The number of aliphatic hydroxyl groups excluding tert-OH is 1. The zero-order valence-electron chi connectivity index (χ0n) is 10.9. The number of benzene rings is 1. The molecular formula is C14H23NO2. The first-order chi connectivity index (χ1) is 8.08. The molecule has 0 fully saturated rings. The number of hydrogen-bond donors (Lipinski definition) is 2. The van der Waals surface area contributed by atoms with Crippen LogP contribution in [-0.4, -0.2) is 23.9 Å². The average molecular weight is 237 g/mol. The summed E-state index contributed by atoms with van der Waals surface area (Å²) in [5.41, 5.74) is 7.02. The van der Waals surface area contributed by atoms with Crippen LogP contribution in [0.4, 0.5) is 0 Å². The second-order valence-corrected chi connectivity index (χ2v) is 4.58. The number of ether oxygens (including phenoxy) is 1. The summed E-state index contributed by atoms with van der Waals surface area (Å²) in [5.74, 6) is 1.32. The van der Waals surface area contributed by atoms with Crippen LogP contribution in [0.2, 0.25) is 0 Å². The van der Waals surface area contributed by atoms with Crippen LogP contribution in [0.1, 0.15) is 38.7 Å². The van der Waals surface area contributed by atoms with E-state index in [1.165, 1.54) is 5.56 Å². The van der Waals surface area contributed by atoms with Gasteiger partial charge in [0.1, 0.15) is 11.9 Å². The smallest absolute Gasteiger partial charge is 0.136 e. The van der Waals surface area contributed by atoms with Crippen molar-refractivity contribution in [3.63, 3.8) is 0 Å². The molecule has 1 aromatic rings. The van der Waals surface area contributed by atoms with Crippen LogP contribution in [0, 0.1) is 0 Å². The number of hydrogen-bond acceptors (Lipinski definition) is 3. The van der Waals surface area contributed by atoms with Crippen molar-refractivity contribution < 1.29 is 9.84 Å². The standard InChI is InChI=1S/C14H23NO2/c1-4-10(2)12-5-7-13(8-6-12)17-14(9-16)11(3)15/h5-8,10-11,14,16H,4,9,15H2,1-3H3. The molecule has 0 heterocycles. The lowest BCUT2D eigenvalue weighted by Crippen LogP contribution is -2.39. The van der Waals surface area contributed by atoms with Gasteiger partial charge in [0.05, 0.1) is 6.61 Å². The Morgan fingerprint density at radius 2 is 1.82 bits per heavy atom. The quantitative estimate of drug-likeness (QED) is 0.798. The minimum atomic E-state index is -0.343. The summed E-state index contributed by atoms with van der Waals surface area (Å²) < 4.78 is 5.62. The second-order valence-electron chi connectivity index (χ2n) is 4.58. The van der Waals surface area contributed by atoms with Crippen LogP contribution in [0.3, 0.4) is 0 Å². The van der Waals surface area contributed by atoms with E-state index in [1.54, 1.807) is 0 Å². The molecule has 1 aromatic carbocycles. The van der Waals surface area contributed by atoms with E-state index in [1.807, 2.05) is 19.1 Å². The third kappa shape index (κ3) is 4.02. The van der Waals surface area contributed by atoms with Gasteiger partial charge in [-0.2, -0.15) is 0 Å². The first-order valence-corrected chi connectivity index (χ1v) is 6.21. The molecule has 96 valence electrons. The number of aliphatic hydroxyl groups is 1. The highest BCUT2D eigenvalue weighted by atomic mass is 16.5. The summed E-state index contributed by atoms with van der Waals surface area (Å²) in [7, 11) is 0. The van der Waals surface area contributed by atoms with Crippen molar-refractivity contribution in [3.8, 4) is 5.75 Å². The van der Waals surface area contributed by atoms with Crippen molar-refractivity contribution in [1.82, 2.24) is 0 Å². The van der Waals surface area contributed by atoms with Gasteiger partial charge in [-0.1, -0.05) is 26.0 Å². The van der Waals surface area contributed by atoms with Gasteiger partial charge in [0, 0.05) is 6.04 Å². The van der Waals surface area contributed by atoms with Crippen LogP contribution in [0.25, 0.3) is 0 Å². The van der Waals surface area contributed by atoms with Crippen molar-refractivity contribution in [2.24, 2.45) is 5.73 Å². The molecule has 1 rings (SSSR count). The van der Waals surface area contributed by atoms with E-state index in [2.05, 4.69) is 26.0 Å². The molecule has 0 saturated heterocycles. The van der Waals surface area contributed by atoms with E-state index in [-0.39, 0.29) is 18.8 Å². The van der Waals surface area contributed by atoms with Crippen LogP contribution in [-0.2, 0) is 0 Å². The van der Waals surface area contributed by atoms with Crippen LogP contribution >= 0.6 is 0 Å². The van der Waals surface area contributed by atoms with Gasteiger partial charge in [-0.25, -0.2) is 0 Å². The zero-order valence-corrected chi connectivity index (χ0v) is 10.9. The van der Waals surface area contributed by atoms with Gasteiger partial charge in [-0.3, -0.25) is 0 Å². The molecule has 3 heteroatoms. The SMILES string of the molecule is CCC(C)c1ccc(OC(CO)C(C)N)cc1. The molecule has 0 spiro atoms. The first-order valence-electron chi connectivity index (χ1n) is 6.21. The molecule has 0 aromatic heterocycles. The van der Waals surface area contributed by atoms with E-state index in [9.17, 15) is 0 Å². The van der Waals surface area contributed by atoms with E-state index in [0.717, 1.165) is 12.2 Å². The molecule has 3 nitrogen and oxygen atoms in total. The highest BCUT2D eigenvalue weighted by Gasteiger charge is 2.14. The molecule has 0 aliphatic carbocycles. The summed E-state index contributed by atoms with van der Waals surface area (Å²) in [6, 6.07) is 7.83. The molecule has 3 N–H and O–H groups in total. The van der Waals surface area contributed by atoms with Gasteiger partial charge in [0.25, 0.3) is 0 Å². The third-order valence-corrected chi connectivity index (χ3v) is 3.12. The topological polar surface area (TPSA) is 55.5 Å². The van der Waals surface area contributed by atoms with Gasteiger partial charge in [-0.15, -0.1) is 0 Å². The fourth-order valence-electron chi connectivity index (χ4n) is 1.60. The second kappa shape index (κ2) is 6.62. The number of rotatable bonds is 6. The summed E-state index contributed by atoms with van der Waals surface area (Å²) in [4.78, 5) is 0. The lowest BCUT2D eigenvalue weighted by Gasteiger charge is -2.20. The van der Waals surface area contributed by atoms with Gasteiger partial charge in [-0.05, 0) is 37.0 Å². The molecule has 0 bridgehead atoms. The molecular weight excluding hydrogens is 214 g/mol. The lowest BCUT2D eigenvalue weighted by atomic mass is 9.99. The fourth-order valence-corrected chi connectivity index (χ4v) is 1.60. The minimum Gasteiger partial charge on any atom is -0.486 e. The van der Waals surface area contributed by atoms with Crippen molar-refractivity contribution in [2.75, 3.05) is 6.61 Å². The lowest BCUT2D eigenvalue weighted by molar-refractivity contribution is 0.0991. The maximum Gasteiger partial charge on any atom is 0.136 e. The third-order valence-electron chi connectivity index (χ3n) is 3.12. The van der Waals surface area contributed by atoms with Crippen molar-refractivity contribution in [3.05, 3.63) is 29.8 Å². The average Bonchev–Trinajstić information content (AvgIpc) is 2.35. The van der Waals surface area contributed by atoms with Crippen LogP contribution in [0.5, 0.6) is 5.75 Å². The monoisotopic (exact) mass is 237 g/mol. The normalized spacial score (nSPS) is 16.3. The van der Waals surface area contributed by atoms with E-state index < -0.39 is 0 Å². The molecule has 17 heavy (non-hydrogen) atoms. The van der Waals surface area contributed by atoms with Gasteiger partial charge >= 0.3 is 0 Å². The largest absolute Gasteiger partial charge is 0.486 e. The predicted molar refractivity (Wildman–Crippen MR) is 70.3 cm³/mol. The molecule has 0 radical (unpaired) electrons. The number of nitrogens with two attached hydrogens (primary N) is 1. The molecule has 0 amide bonds. The van der Waals surface area contributed by atoms with Crippen LogP contribution in [0.15, 0.2) is 24.3 Å². The summed E-state index contributed by atoms with van der Waals surface area (Å²) >= 11 is 0. The van der Waals surface area contributed by atoms with E-state index in [0.29, 0.717) is 5.92 Å². The molecule has 0 aliphatic heterocycles. The fraction of sp³-hybridized carbons (Fsp3) is 0.571. The van der Waals surface area contributed by atoms with Crippen LogP contribution < -0.4 is 10.5 Å².